The SMILES string of the molecule is CC(C)CCNC(=O)[C@@H]1Cc2ccccc2N2CCN(c3ncccn3)C[C@H]12. The van der Waals surface area contributed by atoms with Crippen molar-refractivity contribution in [3.63, 3.8) is 0 Å². The number of anilines is 2. The van der Waals surface area contributed by atoms with Crippen LogP contribution in [0, 0.1) is 11.8 Å². The summed E-state index contributed by atoms with van der Waals surface area (Å²) in [6.45, 7) is 7.60. The Bertz CT molecular complexity index is 810. The minimum atomic E-state index is -0.0615. The topological polar surface area (TPSA) is 61.4 Å². The molecule has 1 aromatic carbocycles. The van der Waals surface area contributed by atoms with Crippen LogP contribution in [0.25, 0.3) is 0 Å². The molecule has 4 rings (SSSR count). The van der Waals surface area contributed by atoms with Crippen molar-refractivity contribution in [2.75, 3.05) is 36.0 Å². The molecule has 1 N–H and O–H groups in total. The number of benzene rings is 1. The predicted octanol–water partition coefficient (Wildman–Crippen LogP) is 2.51. The van der Waals surface area contributed by atoms with E-state index in [1.165, 1.54) is 11.3 Å². The minimum absolute atomic E-state index is 0.0615. The lowest BCUT2D eigenvalue weighted by Gasteiger charge is -2.49. The molecule has 6 heteroatoms. The molecular formula is C22H29N5O. The van der Waals surface area contributed by atoms with Gasteiger partial charge in [-0.05, 0) is 36.5 Å². The van der Waals surface area contributed by atoms with Gasteiger partial charge in [-0.15, -0.1) is 0 Å². The maximum Gasteiger partial charge on any atom is 0.225 e. The summed E-state index contributed by atoms with van der Waals surface area (Å²) in [5, 5.41) is 3.19. The Morgan fingerprint density at radius 2 is 1.96 bits per heavy atom. The smallest absolute Gasteiger partial charge is 0.225 e. The van der Waals surface area contributed by atoms with Crippen LogP contribution in [-0.2, 0) is 11.2 Å². The van der Waals surface area contributed by atoms with Crippen LogP contribution in [-0.4, -0.2) is 48.1 Å². The number of fused-ring (bicyclic) bond motifs is 3. The lowest BCUT2D eigenvalue weighted by Crippen LogP contribution is -2.61. The third-order valence-electron chi connectivity index (χ3n) is 5.82. The molecule has 1 amide bonds. The summed E-state index contributed by atoms with van der Waals surface area (Å²) < 4.78 is 0. The van der Waals surface area contributed by atoms with Crippen LogP contribution in [0.3, 0.4) is 0 Å². The fraction of sp³-hybridized carbons (Fsp3) is 0.500. The molecule has 6 nitrogen and oxygen atoms in total. The van der Waals surface area contributed by atoms with E-state index in [-0.39, 0.29) is 17.9 Å². The number of piperazine rings is 1. The summed E-state index contributed by atoms with van der Waals surface area (Å²) in [7, 11) is 0. The molecule has 0 saturated carbocycles. The summed E-state index contributed by atoms with van der Waals surface area (Å²) in [6, 6.07) is 10.5. The summed E-state index contributed by atoms with van der Waals surface area (Å²) in [6.07, 6.45) is 5.35. The van der Waals surface area contributed by atoms with E-state index in [9.17, 15) is 4.79 Å². The van der Waals surface area contributed by atoms with Gasteiger partial charge < -0.3 is 15.1 Å². The molecule has 3 heterocycles. The second kappa shape index (κ2) is 8.17. The van der Waals surface area contributed by atoms with Gasteiger partial charge in [-0.25, -0.2) is 9.97 Å². The Kier molecular flexibility index (Phi) is 5.46. The molecule has 1 saturated heterocycles. The van der Waals surface area contributed by atoms with Gasteiger partial charge >= 0.3 is 0 Å². The first-order valence-corrected chi connectivity index (χ1v) is 10.3. The Morgan fingerprint density at radius 1 is 1.18 bits per heavy atom. The van der Waals surface area contributed by atoms with Crippen LogP contribution in [0.15, 0.2) is 42.7 Å². The van der Waals surface area contributed by atoms with E-state index in [0.717, 1.165) is 45.0 Å². The highest BCUT2D eigenvalue weighted by Crippen LogP contribution is 2.36. The van der Waals surface area contributed by atoms with Crippen molar-refractivity contribution in [2.45, 2.75) is 32.7 Å². The van der Waals surface area contributed by atoms with Gasteiger partial charge in [-0.1, -0.05) is 32.0 Å². The zero-order valence-electron chi connectivity index (χ0n) is 16.7. The van der Waals surface area contributed by atoms with Crippen LogP contribution in [0.2, 0.25) is 0 Å². The molecule has 2 aliphatic heterocycles. The molecule has 28 heavy (non-hydrogen) atoms. The van der Waals surface area contributed by atoms with Crippen molar-refractivity contribution in [1.29, 1.82) is 0 Å². The minimum Gasteiger partial charge on any atom is -0.364 e. The average molecular weight is 380 g/mol. The van der Waals surface area contributed by atoms with Crippen LogP contribution in [0.5, 0.6) is 0 Å². The molecule has 0 bridgehead atoms. The number of rotatable bonds is 5. The summed E-state index contributed by atoms with van der Waals surface area (Å²) in [5.41, 5.74) is 2.54. The maximum atomic E-state index is 13.1. The number of hydrogen-bond acceptors (Lipinski definition) is 5. The van der Waals surface area contributed by atoms with Gasteiger partial charge in [-0.3, -0.25) is 4.79 Å². The maximum absolute atomic E-state index is 13.1. The molecule has 0 spiro atoms. The predicted molar refractivity (Wildman–Crippen MR) is 111 cm³/mol. The van der Waals surface area contributed by atoms with E-state index < -0.39 is 0 Å². The Labute approximate surface area is 167 Å². The van der Waals surface area contributed by atoms with E-state index in [1.807, 2.05) is 6.07 Å². The van der Waals surface area contributed by atoms with Crippen molar-refractivity contribution in [3.05, 3.63) is 48.3 Å². The number of carbonyl (C=O) groups is 1. The second-order valence-electron chi connectivity index (χ2n) is 8.17. The highest BCUT2D eigenvalue weighted by molar-refractivity contribution is 5.82. The van der Waals surface area contributed by atoms with Crippen molar-refractivity contribution in [2.24, 2.45) is 11.8 Å². The first-order chi connectivity index (χ1) is 13.6. The van der Waals surface area contributed by atoms with Crippen molar-refractivity contribution >= 4 is 17.5 Å². The number of aromatic nitrogens is 2. The summed E-state index contributed by atoms with van der Waals surface area (Å²) in [4.78, 5) is 26.6. The zero-order valence-corrected chi connectivity index (χ0v) is 16.7. The molecule has 2 aliphatic rings. The molecule has 1 aromatic heterocycles. The third-order valence-corrected chi connectivity index (χ3v) is 5.82. The van der Waals surface area contributed by atoms with Crippen molar-refractivity contribution in [3.8, 4) is 0 Å². The van der Waals surface area contributed by atoms with E-state index >= 15 is 0 Å². The molecule has 0 aliphatic carbocycles. The van der Waals surface area contributed by atoms with E-state index in [1.54, 1.807) is 12.4 Å². The number of amides is 1. The normalized spacial score (nSPS) is 21.2. The van der Waals surface area contributed by atoms with Crippen LogP contribution in [0.4, 0.5) is 11.6 Å². The first kappa shape index (κ1) is 18.7. The van der Waals surface area contributed by atoms with Gasteiger partial charge in [0.15, 0.2) is 0 Å². The molecule has 2 atom stereocenters. The van der Waals surface area contributed by atoms with Crippen LogP contribution in [0.1, 0.15) is 25.8 Å². The van der Waals surface area contributed by atoms with Gasteiger partial charge in [0.05, 0.1) is 12.0 Å². The quantitative estimate of drug-likeness (QED) is 0.865. The highest BCUT2D eigenvalue weighted by atomic mass is 16.1. The highest BCUT2D eigenvalue weighted by Gasteiger charge is 2.41. The van der Waals surface area contributed by atoms with Gasteiger partial charge in [0.2, 0.25) is 11.9 Å². The van der Waals surface area contributed by atoms with E-state index in [4.69, 9.17) is 0 Å². The standard InChI is InChI=1S/C22H29N5O/c1-16(2)8-11-23-21(28)18-14-17-6-3-4-7-19(17)27-13-12-26(15-20(18)27)22-24-9-5-10-25-22/h3-7,9-10,16,18,20H,8,11-15H2,1-2H3,(H,23,28)/t18-,20-/m1/s1. The van der Waals surface area contributed by atoms with Gasteiger partial charge in [0, 0.05) is 44.3 Å². The van der Waals surface area contributed by atoms with Crippen LogP contribution < -0.4 is 15.1 Å². The van der Waals surface area contributed by atoms with E-state index in [0.29, 0.717) is 5.92 Å². The molecule has 1 fully saturated rings. The molecule has 148 valence electrons. The fourth-order valence-corrected chi connectivity index (χ4v) is 4.31. The molecule has 0 radical (unpaired) electrons. The number of carbonyl (C=O) groups excluding carboxylic acids is 1. The largest absolute Gasteiger partial charge is 0.364 e. The Balaban J connectivity index is 1.57. The van der Waals surface area contributed by atoms with Gasteiger partial charge in [0.25, 0.3) is 0 Å². The van der Waals surface area contributed by atoms with Crippen molar-refractivity contribution in [1.82, 2.24) is 15.3 Å². The lowest BCUT2D eigenvalue weighted by molar-refractivity contribution is -0.125. The monoisotopic (exact) mass is 379 g/mol. The molecule has 0 unspecified atom stereocenters. The van der Waals surface area contributed by atoms with Gasteiger partial charge in [0.1, 0.15) is 0 Å². The number of nitrogens with zero attached hydrogens (tertiary/aromatic N) is 4. The van der Waals surface area contributed by atoms with Crippen LogP contribution >= 0.6 is 0 Å². The number of para-hydroxylation sites is 1. The summed E-state index contributed by atoms with van der Waals surface area (Å²) >= 11 is 0. The third kappa shape index (κ3) is 3.81. The average Bonchev–Trinajstić information content (AvgIpc) is 2.73. The second-order valence-corrected chi connectivity index (χ2v) is 8.17. The molecule has 2 aromatic rings. The Morgan fingerprint density at radius 3 is 2.75 bits per heavy atom. The molecular weight excluding hydrogens is 350 g/mol. The lowest BCUT2D eigenvalue weighted by atomic mass is 9.83. The first-order valence-electron chi connectivity index (χ1n) is 10.3. The Hall–Kier alpha value is -2.63. The van der Waals surface area contributed by atoms with Crippen molar-refractivity contribution < 1.29 is 4.79 Å². The zero-order chi connectivity index (χ0) is 19.5. The number of hydrogen-bond donors (Lipinski definition) is 1. The van der Waals surface area contributed by atoms with E-state index in [2.05, 4.69) is 63.2 Å². The number of nitrogens with one attached hydrogen (secondary N) is 1. The fourth-order valence-electron chi connectivity index (χ4n) is 4.31. The summed E-state index contributed by atoms with van der Waals surface area (Å²) in [5.74, 6) is 1.44. The van der Waals surface area contributed by atoms with Gasteiger partial charge in [-0.2, -0.15) is 0 Å².